The summed E-state index contributed by atoms with van der Waals surface area (Å²) >= 11 is 1.69. The van der Waals surface area contributed by atoms with Gasteiger partial charge in [0.05, 0.1) is 0 Å². The number of benzene rings is 1. The third kappa shape index (κ3) is 3.21. The van der Waals surface area contributed by atoms with E-state index in [0.717, 1.165) is 16.8 Å². The maximum absolute atomic E-state index is 4.39. The molecule has 2 unspecified atom stereocenters. The van der Waals surface area contributed by atoms with Gasteiger partial charge in [0.25, 0.3) is 0 Å². The average Bonchev–Trinajstić information content (AvgIpc) is 2.91. The normalized spacial score (nSPS) is 26.4. The second kappa shape index (κ2) is 5.96. The van der Waals surface area contributed by atoms with Crippen molar-refractivity contribution < 1.29 is 0 Å². The van der Waals surface area contributed by atoms with E-state index in [0.29, 0.717) is 6.04 Å². The molecule has 3 rings (SSSR count). The average molecular weight is 286 g/mol. The molecule has 0 aliphatic heterocycles. The zero-order valence-electron chi connectivity index (χ0n) is 12.2. The van der Waals surface area contributed by atoms with Gasteiger partial charge in [-0.2, -0.15) is 0 Å². The summed E-state index contributed by atoms with van der Waals surface area (Å²) in [7, 11) is 0. The van der Waals surface area contributed by atoms with Crippen LogP contribution in [0.15, 0.2) is 35.8 Å². The lowest BCUT2D eigenvalue weighted by atomic mass is 9.80. The van der Waals surface area contributed by atoms with Crippen molar-refractivity contribution in [1.82, 2.24) is 4.98 Å². The standard InChI is InChI=1S/C17H22N2S/c1-12-8-13(2)10-16(9-12)19-15-5-3-4-14(11-15)17-18-6-7-20-17/h3-7,11-13,16,19H,8-10H2,1-2H3. The van der Waals surface area contributed by atoms with E-state index in [1.807, 2.05) is 11.6 Å². The van der Waals surface area contributed by atoms with Crippen molar-refractivity contribution >= 4 is 17.0 Å². The van der Waals surface area contributed by atoms with Crippen molar-refractivity contribution in [3.8, 4) is 10.6 Å². The summed E-state index contributed by atoms with van der Waals surface area (Å²) in [6, 6.07) is 9.26. The zero-order valence-corrected chi connectivity index (χ0v) is 13.0. The summed E-state index contributed by atoms with van der Waals surface area (Å²) in [5.74, 6) is 1.66. The molecular weight excluding hydrogens is 264 g/mol. The first kappa shape index (κ1) is 13.6. The Kier molecular flexibility index (Phi) is 4.06. The summed E-state index contributed by atoms with van der Waals surface area (Å²) in [4.78, 5) is 4.39. The van der Waals surface area contributed by atoms with Gasteiger partial charge in [-0.25, -0.2) is 4.98 Å². The smallest absolute Gasteiger partial charge is 0.123 e. The molecule has 1 fully saturated rings. The van der Waals surface area contributed by atoms with Crippen LogP contribution in [-0.4, -0.2) is 11.0 Å². The molecule has 0 saturated heterocycles. The molecule has 1 heterocycles. The number of aromatic nitrogens is 1. The predicted molar refractivity (Wildman–Crippen MR) is 87.1 cm³/mol. The van der Waals surface area contributed by atoms with Gasteiger partial charge in [-0.15, -0.1) is 11.3 Å². The second-order valence-electron chi connectivity index (χ2n) is 6.18. The fraction of sp³-hybridized carbons (Fsp3) is 0.471. The molecule has 20 heavy (non-hydrogen) atoms. The summed E-state index contributed by atoms with van der Waals surface area (Å²) in [6.45, 7) is 4.74. The van der Waals surface area contributed by atoms with Crippen LogP contribution in [0.5, 0.6) is 0 Å². The topological polar surface area (TPSA) is 24.9 Å². The molecule has 1 aromatic heterocycles. The van der Waals surface area contributed by atoms with Crippen molar-refractivity contribution in [1.29, 1.82) is 0 Å². The van der Waals surface area contributed by atoms with E-state index in [-0.39, 0.29) is 0 Å². The van der Waals surface area contributed by atoms with Crippen LogP contribution in [0.4, 0.5) is 5.69 Å². The molecule has 1 aliphatic rings. The Hall–Kier alpha value is -1.35. The van der Waals surface area contributed by atoms with Crippen molar-refractivity contribution in [2.24, 2.45) is 11.8 Å². The Morgan fingerprint density at radius 2 is 1.95 bits per heavy atom. The van der Waals surface area contributed by atoms with Crippen LogP contribution >= 0.6 is 11.3 Å². The van der Waals surface area contributed by atoms with Crippen molar-refractivity contribution in [2.75, 3.05) is 5.32 Å². The molecule has 1 N–H and O–H groups in total. The van der Waals surface area contributed by atoms with Crippen LogP contribution < -0.4 is 5.32 Å². The Morgan fingerprint density at radius 3 is 2.65 bits per heavy atom. The number of nitrogens with one attached hydrogen (secondary N) is 1. The Labute approximate surface area is 125 Å². The molecule has 1 saturated carbocycles. The Morgan fingerprint density at radius 1 is 1.15 bits per heavy atom. The molecule has 2 nitrogen and oxygen atoms in total. The highest BCUT2D eigenvalue weighted by Gasteiger charge is 2.23. The first-order valence-corrected chi connectivity index (χ1v) is 8.35. The predicted octanol–water partition coefficient (Wildman–Crippen LogP) is 5.05. The van der Waals surface area contributed by atoms with Gasteiger partial charge in [0.15, 0.2) is 0 Å². The summed E-state index contributed by atoms with van der Waals surface area (Å²) < 4.78 is 0. The van der Waals surface area contributed by atoms with Crippen LogP contribution in [0.3, 0.4) is 0 Å². The van der Waals surface area contributed by atoms with Crippen molar-refractivity contribution in [3.63, 3.8) is 0 Å². The van der Waals surface area contributed by atoms with Gasteiger partial charge in [0.2, 0.25) is 0 Å². The SMILES string of the molecule is CC1CC(C)CC(Nc2cccc(-c3nccs3)c2)C1. The van der Waals surface area contributed by atoms with Gasteiger partial charge in [-0.3, -0.25) is 0 Å². The lowest BCUT2D eigenvalue weighted by Gasteiger charge is -2.32. The molecule has 0 bridgehead atoms. The lowest BCUT2D eigenvalue weighted by Crippen LogP contribution is -2.30. The monoisotopic (exact) mass is 286 g/mol. The molecule has 2 aromatic rings. The number of nitrogens with zero attached hydrogens (tertiary/aromatic N) is 1. The van der Waals surface area contributed by atoms with Gasteiger partial charge in [0, 0.05) is 28.9 Å². The minimum absolute atomic E-state index is 0.611. The fourth-order valence-electron chi connectivity index (χ4n) is 3.41. The zero-order chi connectivity index (χ0) is 13.9. The molecule has 0 spiro atoms. The Bertz CT molecular complexity index is 540. The van der Waals surface area contributed by atoms with Gasteiger partial charge in [0.1, 0.15) is 5.01 Å². The van der Waals surface area contributed by atoms with Gasteiger partial charge >= 0.3 is 0 Å². The van der Waals surface area contributed by atoms with Crippen LogP contribution in [0.2, 0.25) is 0 Å². The molecule has 2 atom stereocenters. The van der Waals surface area contributed by atoms with E-state index >= 15 is 0 Å². The quantitative estimate of drug-likeness (QED) is 0.854. The molecule has 3 heteroatoms. The van der Waals surface area contributed by atoms with E-state index in [1.165, 1.54) is 30.5 Å². The highest BCUT2D eigenvalue weighted by molar-refractivity contribution is 7.13. The van der Waals surface area contributed by atoms with E-state index in [2.05, 4.69) is 48.4 Å². The molecule has 106 valence electrons. The first-order chi connectivity index (χ1) is 9.70. The number of anilines is 1. The molecule has 0 amide bonds. The van der Waals surface area contributed by atoms with E-state index < -0.39 is 0 Å². The van der Waals surface area contributed by atoms with Crippen LogP contribution in [-0.2, 0) is 0 Å². The van der Waals surface area contributed by atoms with E-state index in [4.69, 9.17) is 0 Å². The lowest BCUT2D eigenvalue weighted by molar-refractivity contribution is 0.281. The maximum Gasteiger partial charge on any atom is 0.123 e. The van der Waals surface area contributed by atoms with Crippen LogP contribution in [0.25, 0.3) is 10.6 Å². The number of thiazole rings is 1. The summed E-state index contributed by atoms with van der Waals surface area (Å²) in [5, 5.41) is 6.84. The molecule has 1 aliphatic carbocycles. The third-order valence-electron chi connectivity index (χ3n) is 4.09. The maximum atomic E-state index is 4.39. The second-order valence-corrected chi connectivity index (χ2v) is 7.07. The largest absolute Gasteiger partial charge is 0.382 e. The van der Waals surface area contributed by atoms with Gasteiger partial charge in [-0.05, 0) is 43.2 Å². The van der Waals surface area contributed by atoms with E-state index in [9.17, 15) is 0 Å². The highest BCUT2D eigenvalue weighted by atomic mass is 32.1. The minimum Gasteiger partial charge on any atom is -0.382 e. The van der Waals surface area contributed by atoms with Gasteiger partial charge < -0.3 is 5.32 Å². The fourth-order valence-corrected chi connectivity index (χ4v) is 4.04. The van der Waals surface area contributed by atoms with E-state index in [1.54, 1.807) is 11.3 Å². The van der Waals surface area contributed by atoms with Crippen LogP contribution in [0.1, 0.15) is 33.1 Å². The van der Waals surface area contributed by atoms with Crippen molar-refractivity contribution in [3.05, 3.63) is 35.8 Å². The number of rotatable bonds is 3. The molecule has 0 radical (unpaired) electrons. The Balaban J connectivity index is 1.73. The number of hydrogen-bond donors (Lipinski definition) is 1. The molecular formula is C17H22N2S. The third-order valence-corrected chi connectivity index (χ3v) is 4.91. The highest BCUT2D eigenvalue weighted by Crippen LogP contribution is 2.31. The minimum atomic E-state index is 0.611. The number of hydrogen-bond acceptors (Lipinski definition) is 3. The van der Waals surface area contributed by atoms with Crippen molar-refractivity contribution in [2.45, 2.75) is 39.2 Å². The first-order valence-electron chi connectivity index (χ1n) is 7.47. The summed E-state index contributed by atoms with van der Waals surface area (Å²) in [6.07, 6.45) is 5.81. The van der Waals surface area contributed by atoms with Crippen LogP contribution in [0, 0.1) is 11.8 Å². The molecule has 1 aromatic carbocycles. The summed E-state index contributed by atoms with van der Waals surface area (Å²) in [5.41, 5.74) is 2.44. The van der Waals surface area contributed by atoms with Gasteiger partial charge in [-0.1, -0.05) is 26.0 Å².